The van der Waals surface area contributed by atoms with Gasteiger partial charge < -0.3 is 10.6 Å². The number of hydrogen-bond acceptors (Lipinski definition) is 6. The molecule has 2 aromatic rings. The Bertz CT molecular complexity index is 443. The Labute approximate surface area is 104 Å². The second-order valence-electron chi connectivity index (χ2n) is 3.49. The van der Waals surface area contributed by atoms with Gasteiger partial charge in [0.05, 0.1) is 6.54 Å². The van der Waals surface area contributed by atoms with Gasteiger partial charge in [0.15, 0.2) is 0 Å². The molecule has 2 rings (SSSR count). The lowest BCUT2D eigenvalue weighted by Gasteiger charge is -2.06. The first kappa shape index (κ1) is 11.8. The van der Waals surface area contributed by atoms with Crippen LogP contribution in [0.2, 0.25) is 0 Å². The molecule has 2 heterocycles. The predicted molar refractivity (Wildman–Crippen MR) is 70.3 cm³/mol. The quantitative estimate of drug-likeness (QED) is 0.823. The summed E-state index contributed by atoms with van der Waals surface area (Å²) in [5.74, 6) is 1.66. The normalized spacial score (nSPS) is 10.2. The monoisotopic (exact) mass is 249 g/mol. The summed E-state index contributed by atoms with van der Waals surface area (Å²) in [4.78, 5) is 12.5. The van der Waals surface area contributed by atoms with Crippen molar-refractivity contribution in [2.75, 3.05) is 17.2 Å². The number of hydrogen-bond donors (Lipinski definition) is 2. The molecule has 0 bridgehead atoms. The summed E-state index contributed by atoms with van der Waals surface area (Å²) >= 11 is 1.63. The highest BCUT2D eigenvalue weighted by Crippen LogP contribution is 2.11. The van der Waals surface area contributed by atoms with E-state index in [1.165, 1.54) is 0 Å². The van der Waals surface area contributed by atoms with Crippen LogP contribution in [-0.4, -0.2) is 21.5 Å². The number of anilines is 2. The number of rotatable bonds is 6. The molecule has 90 valence electrons. The molecule has 0 aliphatic carbocycles. The Morgan fingerprint density at radius 1 is 1.18 bits per heavy atom. The van der Waals surface area contributed by atoms with E-state index in [9.17, 15) is 0 Å². The molecule has 0 radical (unpaired) electrons. The fraction of sp³-hybridized carbons (Fsp3) is 0.364. The van der Waals surface area contributed by atoms with Crippen LogP contribution in [0, 0.1) is 0 Å². The van der Waals surface area contributed by atoms with E-state index in [0.717, 1.165) is 29.6 Å². The van der Waals surface area contributed by atoms with Gasteiger partial charge in [0, 0.05) is 24.2 Å². The standard InChI is InChI=1S/C11H15N5S/c1-2-3-12-9-6-10(16-8-15-9)14-7-11-13-4-5-17-11/h4-6,8H,2-3,7H2,1H3,(H2,12,14,15,16). The second kappa shape index (κ2) is 6.15. The smallest absolute Gasteiger partial charge is 0.131 e. The Morgan fingerprint density at radius 3 is 2.71 bits per heavy atom. The molecule has 0 saturated carbocycles. The summed E-state index contributed by atoms with van der Waals surface area (Å²) in [5.41, 5.74) is 0. The Kier molecular flexibility index (Phi) is 4.26. The van der Waals surface area contributed by atoms with Crippen LogP contribution in [0.4, 0.5) is 11.6 Å². The second-order valence-corrected chi connectivity index (χ2v) is 4.47. The van der Waals surface area contributed by atoms with Gasteiger partial charge in [-0.05, 0) is 6.42 Å². The Hall–Kier alpha value is -1.69. The zero-order valence-corrected chi connectivity index (χ0v) is 10.5. The minimum Gasteiger partial charge on any atom is -0.370 e. The fourth-order valence-electron chi connectivity index (χ4n) is 1.31. The van der Waals surface area contributed by atoms with Crippen LogP contribution in [-0.2, 0) is 6.54 Å². The molecule has 5 nitrogen and oxygen atoms in total. The number of thiazole rings is 1. The van der Waals surface area contributed by atoms with Crippen LogP contribution in [0.1, 0.15) is 18.4 Å². The van der Waals surface area contributed by atoms with Crippen molar-refractivity contribution >= 4 is 23.0 Å². The van der Waals surface area contributed by atoms with Crippen LogP contribution in [0.5, 0.6) is 0 Å². The topological polar surface area (TPSA) is 62.7 Å². The lowest BCUT2D eigenvalue weighted by Crippen LogP contribution is -2.05. The first-order chi connectivity index (χ1) is 8.38. The van der Waals surface area contributed by atoms with Gasteiger partial charge in [0.2, 0.25) is 0 Å². The minimum absolute atomic E-state index is 0.696. The van der Waals surface area contributed by atoms with Crippen molar-refractivity contribution in [2.45, 2.75) is 19.9 Å². The van der Waals surface area contributed by atoms with Crippen molar-refractivity contribution in [3.63, 3.8) is 0 Å². The number of nitrogens with zero attached hydrogens (tertiary/aromatic N) is 3. The van der Waals surface area contributed by atoms with Crippen LogP contribution in [0.15, 0.2) is 24.0 Å². The highest BCUT2D eigenvalue weighted by Gasteiger charge is 1.99. The molecule has 6 heteroatoms. The highest BCUT2D eigenvalue weighted by molar-refractivity contribution is 7.09. The molecule has 0 aliphatic heterocycles. The summed E-state index contributed by atoms with van der Waals surface area (Å²) in [6.07, 6.45) is 4.43. The summed E-state index contributed by atoms with van der Waals surface area (Å²) in [7, 11) is 0. The third-order valence-electron chi connectivity index (χ3n) is 2.13. The SMILES string of the molecule is CCCNc1cc(NCc2nccs2)ncn1. The largest absolute Gasteiger partial charge is 0.370 e. The summed E-state index contributed by atoms with van der Waals surface area (Å²) in [5, 5.41) is 9.46. The fourth-order valence-corrected chi connectivity index (χ4v) is 1.87. The summed E-state index contributed by atoms with van der Waals surface area (Å²) in [6.45, 7) is 3.74. The van der Waals surface area contributed by atoms with Gasteiger partial charge in [-0.3, -0.25) is 0 Å². The van der Waals surface area contributed by atoms with Crippen molar-refractivity contribution in [1.82, 2.24) is 15.0 Å². The third kappa shape index (κ3) is 3.67. The van der Waals surface area contributed by atoms with Gasteiger partial charge in [0.1, 0.15) is 23.0 Å². The van der Waals surface area contributed by atoms with Gasteiger partial charge in [-0.25, -0.2) is 15.0 Å². The van der Waals surface area contributed by atoms with Crippen LogP contribution < -0.4 is 10.6 Å². The average molecular weight is 249 g/mol. The van der Waals surface area contributed by atoms with E-state index in [0.29, 0.717) is 6.54 Å². The molecule has 0 aromatic carbocycles. The van der Waals surface area contributed by atoms with E-state index in [1.54, 1.807) is 23.9 Å². The average Bonchev–Trinajstić information content (AvgIpc) is 2.87. The van der Waals surface area contributed by atoms with E-state index in [-0.39, 0.29) is 0 Å². The molecule has 0 fully saturated rings. The molecular weight excluding hydrogens is 234 g/mol. The maximum Gasteiger partial charge on any atom is 0.131 e. The third-order valence-corrected chi connectivity index (χ3v) is 2.91. The van der Waals surface area contributed by atoms with E-state index in [4.69, 9.17) is 0 Å². The van der Waals surface area contributed by atoms with Gasteiger partial charge in [-0.15, -0.1) is 11.3 Å². The van der Waals surface area contributed by atoms with Crippen molar-refractivity contribution in [2.24, 2.45) is 0 Å². The summed E-state index contributed by atoms with van der Waals surface area (Å²) < 4.78 is 0. The van der Waals surface area contributed by atoms with Crippen molar-refractivity contribution in [3.05, 3.63) is 29.0 Å². The van der Waals surface area contributed by atoms with Crippen LogP contribution in [0.25, 0.3) is 0 Å². The molecule has 2 aromatic heterocycles. The van der Waals surface area contributed by atoms with Crippen molar-refractivity contribution < 1.29 is 0 Å². The van der Waals surface area contributed by atoms with E-state index < -0.39 is 0 Å². The van der Waals surface area contributed by atoms with Crippen molar-refractivity contribution in [1.29, 1.82) is 0 Å². The summed E-state index contributed by atoms with van der Waals surface area (Å²) in [6, 6.07) is 1.91. The molecule has 2 N–H and O–H groups in total. The van der Waals surface area contributed by atoms with Gasteiger partial charge in [0.25, 0.3) is 0 Å². The Balaban J connectivity index is 1.91. The van der Waals surface area contributed by atoms with E-state index in [1.807, 2.05) is 11.4 Å². The highest BCUT2D eigenvalue weighted by atomic mass is 32.1. The predicted octanol–water partition coefficient (Wildman–Crippen LogP) is 2.37. The van der Waals surface area contributed by atoms with E-state index >= 15 is 0 Å². The molecule has 0 spiro atoms. The zero-order chi connectivity index (χ0) is 11.9. The lowest BCUT2D eigenvalue weighted by atomic mass is 10.4. The molecule has 0 unspecified atom stereocenters. The maximum atomic E-state index is 4.20. The first-order valence-corrected chi connectivity index (χ1v) is 6.44. The molecule has 0 atom stereocenters. The van der Waals surface area contributed by atoms with Gasteiger partial charge >= 0.3 is 0 Å². The molecule has 0 aliphatic rings. The molecular formula is C11H15N5S. The van der Waals surface area contributed by atoms with E-state index in [2.05, 4.69) is 32.5 Å². The van der Waals surface area contributed by atoms with Gasteiger partial charge in [-0.1, -0.05) is 6.92 Å². The molecule has 17 heavy (non-hydrogen) atoms. The molecule has 0 saturated heterocycles. The number of aromatic nitrogens is 3. The number of nitrogens with one attached hydrogen (secondary N) is 2. The van der Waals surface area contributed by atoms with Crippen LogP contribution >= 0.6 is 11.3 Å². The lowest BCUT2D eigenvalue weighted by molar-refractivity contribution is 0.963. The van der Waals surface area contributed by atoms with Crippen LogP contribution in [0.3, 0.4) is 0 Å². The maximum absolute atomic E-state index is 4.20. The first-order valence-electron chi connectivity index (χ1n) is 5.56. The van der Waals surface area contributed by atoms with Crippen molar-refractivity contribution in [3.8, 4) is 0 Å². The molecule has 0 amide bonds. The zero-order valence-electron chi connectivity index (χ0n) is 9.68. The Morgan fingerprint density at radius 2 is 2.00 bits per heavy atom. The minimum atomic E-state index is 0.696. The van der Waals surface area contributed by atoms with Gasteiger partial charge in [-0.2, -0.15) is 0 Å².